The van der Waals surface area contributed by atoms with Crippen LogP contribution in [0.15, 0.2) is 30.5 Å². The molecule has 9 heteroatoms. The predicted octanol–water partition coefficient (Wildman–Crippen LogP) is 5.60. The van der Waals surface area contributed by atoms with Crippen LogP contribution in [0.3, 0.4) is 0 Å². The molecule has 4 fully saturated rings. The normalized spacial score (nSPS) is 22.2. The van der Waals surface area contributed by atoms with E-state index >= 15 is 4.39 Å². The molecule has 2 unspecified atom stereocenters. The molecule has 2 aliphatic heterocycles. The number of hydrogen-bond donors (Lipinski definition) is 2. The minimum absolute atomic E-state index is 0.0889. The topological polar surface area (TPSA) is 86.6 Å². The predicted molar refractivity (Wildman–Crippen MR) is 174 cm³/mol. The molecule has 45 heavy (non-hydrogen) atoms. The van der Waals surface area contributed by atoms with Gasteiger partial charge in [0, 0.05) is 54.3 Å². The molecule has 4 aromatic rings. The number of phenols is 1. The van der Waals surface area contributed by atoms with Crippen molar-refractivity contribution in [1.29, 1.82) is 0 Å². The van der Waals surface area contributed by atoms with Gasteiger partial charge in [-0.05, 0) is 93.3 Å². The number of ether oxygens (including phenoxy) is 1. The maximum atomic E-state index is 15.1. The molecule has 2 N–H and O–H groups in total. The smallest absolute Gasteiger partial charge is 0.319 e. The minimum Gasteiger partial charge on any atom is -0.508 e. The fourth-order valence-electron chi connectivity index (χ4n) is 7.83. The second-order valence-electron chi connectivity index (χ2n) is 14.0. The number of aromatic hydroxyl groups is 1. The summed E-state index contributed by atoms with van der Waals surface area (Å²) in [5.41, 5.74) is 4.38. The quantitative estimate of drug-likeness (QED) is 0.251. The monoisotopic (exact) mass is 606 g/mol. The summed E-state index contributed by atoms with van der Waals surface area (Å²) in [7, 11) is 4.20. The summed E-state index contributed by atoms with van der Waals surface area (Å²) < 4.78 is 21.6. The zero-order valence-corrected chi connectivity index (χ0v) is 25.9. The SMILES string of the molecule is C#Cc1c(F)ccc2cc(O)cc(-c3cnc4c(N5CC6CCC(C5)N6)nc(OCC5(CN(C)C)CC5)nc4c3C3CCC3)c12. The lowest BCUT2D eigenvalue weighted by Gasteiger charge is -2.35. The molecule has 2 saturated heterocycles. The highest BCUT2D eigenvalue weighted by molar-refractivity contribution is 6.04. The van der Waals surface area contributed by atoms with E-state index in [1.54, 1.807) is 18.2 Å². The Morgan fingerprint density at radius 3 is 2.53 bits per heavy atom. The van der Waals surface area contributed by atoms with Crippen LogP contribution in [0, 0.1) is 23.6 Å². The van der Waals surface area contributed by atoms with Crippen molar-refractivity contribution in [3.8, 4) is 35.2 Å². The average molecular weight is 607 g/mol. The Hall–Kier alpha value is -4.00. The van der Waals surface area contributed by atoms with Crippen molar-refractivity contribution in [1.82, 2.24) is 25.2 Å². The second kappa shape index (κ2) is 10.8. The fourth-order valence-corrected chi connectivity index (χ4v) is 7.83. The lowest BCUT2D eigenvalue weighted by molar-refractivity contribution is 0.183. The van der Waals surface area contributed by atoms with Crippen LogP contribution in [0.2, 0.25) is 0 Å². The van der Waals surface area contributed by atoms with E-state index in [-0.39, 0.29) is 22.6 Å². The number of rotatable bonds is 8. The van der Waals surface area contributed by atoms with Gasteiger partial charge in [0.05, 0.1) is 12.2 Å². The third kappa shape index (κ3) is 5.04. The van der Waals surface area contributed by atoms with Gasteiger partial charge in [0.2, 0.25) is 0 Å². The van der Waals surface area contributed by atoms with Crippen LogP contribution in [-0.2, 0) is 0 Å². The third-order valence-electron chi connectivity index (χ3n) is 10.3. The van der Waals surface area contributed by atoms with Gasteiger partial charge >= 0.3 is 6.01 Å². The van der Waals surface area contributed by atoms with Crippen molar-refractivity contribution in [3.05, 3.63) is 47.4 Å². The third-order valence-corrected chi connectivity index (χ3v) is 10.3. The number of halogens is 1. The van der Waals surface area contributed by atoms with E-state index in [0.29, 0.717) is 41.0 Å². The van der Waals surface area contributed by atoms with Crippen LogP contribution in [0.5, 0.6) is 11.8 Å². The first-order valence-electron chi connectivity index (χ1n) is 16.2. The first-order chi connectivity index (χ1) is 21.8. The molecule has 0 amide bonds. The number of phenolic OH excluding ortho intramolecular Hbond substituents is 1. The number of terminal acetylenes is 1. The molecule has 0 radical (unpaired) electrons. The number of piperazine rings is 1. The van der Waals surface area contributed by atoms with Gasteiger partial charge in [0.15, 0.2) is 5.82 Å². The number of aromatic nitrogens is 3. The van der Waals surface area contributed by atoms with Crippen molar-refractivity contribution in [3.63, 3.8) is 0 Å². The molecule has 4 heterocycles. The highest BCUT2D eigenvalue weighted by Crippen LogP contribution is 2.49. The van der Waals surface area contributed by atoms with Crippen molar-refractivity contribution >= 4 is 27.6 Å². The van der Waals surface area contributed by atoms with Gasteiger partial charge in [-0.1, -0.05) is 18.4 Å². The Labute approximate surface area is 263 Å². The molecule has 2 aliphatic carbocycles. The summed E-state index contributed by atoms with van der Waals surface area (Å²) in [5.74, 6) is 3.25. The minimum atomic E-state index is -0.462. The highest BCUT2D eigenvalue weighted by Gasteiger charge is 2.44. The summed E-state index contributed by atoms with van der Waals surface area (Å²) >= 11 is 0. The summed E-state index contributed by atoms with van der Waals surface area (Å²) in [5, 5.41) is 15.8. The van der Waals surface area contributed by atoms with Gasteiger partial charge in [-0.15, -0.1) is 6.42 Å². The Bertz CT molecular complexity index is 1850. The van der Waals surface area contributed by atoms with E-state index in [1.165, 1.54) is 6.07 Å². The van der Waals surface area contributed by atoms with Gasteiger partial charge in [-0.25, -0.2) is 4.39 Å². The van der Waals surface area contributed by atoms with Crippen LogP contribution in [0.1, 0.15) is 62.0 Å². The molecule has 232 valence electrons. The maximum absolute atomic E-state index is 15.1. The number of fused-ring (bicyclic) bond motifs is 4. The van der Waals surface area contributed by atoms with Gasteiger partial charge in [0.25, 0.3) is 0 Å². The standard InChI is InChI=1S/C36H39FN6O2/c1-4-26-29(37)11-8-22-14-25(44)15-27(30(22)26)28-16-38-33-32(31(28)21-6-5-7-21)40-35(45-20-36(12-13-36)19-42(2)3)41-34(33)43-17-23-9-10-24(18-43)39-23/h1,8,11,14-16,21,23-24,39,44H,5-7,9-10,12-13,17-20H2,2-3H3. The Morgan fingerprint density at radius 1 is 1.09 bits per heavy atom. The van der Waals surface area contributed by atoms with Crippen molar-refractivity contribution in [2.24, 2.45) is 5.41 Å². The van der Waals surface area contributed by atoms with Gasteiger partial charge in [-0.3, -0.25) is 4.98 Å². The van der Waals surface area contributed by atoms with E-state index in [9.17, 15) is 5.11 Å². The number of benzene rings is 2. The summed E-state index contributed by atoms with van der Waals surface area (Å²) in [6.45, 7) is 3.25. The molecule has 2 aromatic carbocycles. The summed E-state index contributed by atoms with van der Waals surface area (Å²) in [4.78, 5) is 19.8. The van der Waals surface area contributed by atoms with Crippen molar-refractivity contribution < 1.29 is 14.2 Å². The molecular weight excluding hydrogens is 567 g/mol. The van der Waals surface area contributed by atoms with E-state index in [0.717, 1.165) is 92.6 Å². The van der Waals surface area contributed by atoms with Gasteiger partial charge in [-0.2, -0.15) is 9.97 Å². The number of anilines is 1. The van der Waals surface area contributed by atoms with E-state index < -0.39 is 5.82 Å². The molecule has 2 aromatic heterocycles. The lowest BCUT2D eigenvalue weighted by atomic mass is 9.76. The number of pyridine rings is 1. The zero-order valence-electron chi connectivity index (χ0n) is 25.9. The number of nitrogens with zero attached hydrogens (tertiary/aromatic N) is 5. The molecule has 8 nitrogen and oxygen atoms in total. The van der Waals surface area contributed by atoms with Gasteiger partial charge < -0.3 is 25.0 Å². The Morgan fingerprint density at radius 2 is 1.87 bits per heavy atom. The van der Waals surface area contributed by atoms with Crippen LogP contribution in [0.4, 0.5) is 10.2 Å². The van der Waals surface area contributed by atoms with Crippen LogP contribution in [-0.4, -0.2) is 77.4 Å². The first-order valence-corrected chi connectivity index (χ1v) is 16.2. The molecule has 8 rings (SSSR count). The average Bonchev–Trinajstić information content (AvgIpc) is 3.67. The van der Waals surface area contributed by atoms with Crippen LogP contribution < -0.4 is 15.0 Å². The zero-order chi connectivity index (χ0) is 30.9. The molecule has 2 atom stereocenters. The summed E-state index contributed by atoms with van der Waals surface area (Å²) in [6.07, 6.45) is 15.4. The van der Waals surface area contributed by atoms with Crippen molar-refractivity contribution in [2.45, 2.75) is 62.9 Å². The first kappa shape index (κ1) is 28.5. The van der Waals surface area contributed by atoms with Gasteiger partial charge in [0.1, 0.15) is 22.6 Å². The summed E-state index contributed by atoms with van der Waals surface area (Å²) in [6, 6.07) is 7.56. The maximum Gasteiger partial charge on any atom is 0.319 e. The Balaban J connectivity index is 1.33. The number of nitrogens with one attached hydrogen (secondary N) is 1. The number of hydrogen-bond acceptors (Lipinski definition) is 8. The van der Waals surface area contributed by atoms with E-state index in [1.807, 2.05) is 6.20 Å². The van der Waals surface area contributed by atoms with Crippen LogP contribution >= 0.6 is 0 Å². The van der Waals surface area contributed by atoms with E-state index in [4.69, 9.17) is 26.1 Å². The molecule has 0 spiro atoms. The van der Waals surface area contributed by atoms with E-state index in [2.05, 4.69) is 35.1 Å². The largest absolute Gasteiger partial charge is 0.508 e. The second-order valence-corrected chi connectivity index (χ2v) is 14.0. The molecular formula is C36H39FN6O2. The van der Waals surface area contributed by atoms with Crippen molar-refractivity contribution in [2.75, 3.05) is 45.2 Å². The Kier molecular flexibility index (Phi) is 6.84. The lowest BCUT2D eigenvalue weighted by Crippen LogP contribution is -2.51. The molecule has 2 saturated carbocycles. The molecule has 2 bridgehead atoms. The van der Waals surface area contributed by atoms with Crippen LogP contribution in [0.25, 0.3) is 32.9 Å². The fraction of sp³-hybridized carbons (Fsp3) is 0.472. The molecule has 4 aliphatic rings. The highest BCUT2D eigenvalue weighted by atomic mass is 19.1.